The number of aliphatic hydroxyl groups is 1. The first-order chi connectivity index (χ1) is 8.16. The molecular formula is C13H9Cl2NO. The molecule has 1 N–H and O–H groups in total. The van der Waals surface area contributed by atoms with Gasteiger partial charge in [0.05, 0.1) is 10.7 Å². The number of halogens is 2. The highest BCUT2D eigenvalue weighted by Crippen LogP contribution is 2.26. The van der Waals surface area contributed by atoms with E-state index in [-0.39, 0.29) is 5.76 Å². The highest BCUT2D eigenvalue weighted by molar-refractivity contribution is 6.34. The molecule has 2 rings (SSSR count). The van der Waals surface area contributed by atoms with Gasteiger partial charge in [0.15, 0.2) is 0 Å². The van der Waals surface area contributed by atoms with E-state index in [0.29, 0.717) is 21.3 Å². The van der Waals surface area contributed by atoms with Crippen LogP contribution in [-0.2, 0) is 0 Å². The Labute approximate surface area is 109 Å². The van der Waals surface area contributed by atoms with Gasteiger partial charge in [-0.1, -0.05) is 29.3 Å². The van der Waals surface area contributed by atoms with Gasteiger partial charge in [-0.15, -0.1) is 0 Å². The van der Waals surface area contributed by atoms with Crippen LogP contribution in [-0.4, -0.2) is 10.1 Å². The molecule has 2 aromatic rings. The van der Waals surface area contributed by atoms with Crippen LogP contribution in [0.15, 0.2) is 42.6 Å². The van der Waals surface area contributed by atoms with Gasteiger partial charge in [0.1, 0.15) is 5.76 Å². The highest BCUT2D eigenvalue weighted by Gasteiger charge is 2.06. The lowest BCUT2D eigenvalue weighted by atomic mass is 10.1. The number of benzene rings is 1. The summed E-state index contributed by atoms with van der Waals surface area (Å²) < 4.78 is 0. The van der Waals surface area contributed by atoms with Crippen LogP contribution in [0.3, 0.4) is 0 Å². The van der Waals surface area contributed by atoms with Gasteiger partial charge in [-0.3, -0.25) is 4.98 Å². The topological polar surface area (TPSA) is 33.1 Å². The quantitative estimate of drug-likeness (QED) is 0.815. The van der Waals surface area contributed by atoms with Crippen molar-refractivity contribution in [3.8, 4) is 0 Å². The van der Waals surface area contributed by atoms with Crippen LogP contribution < -0.4 is 0 Å². The molecule has 0 aliphatic heterocycles. The molecule has 0 aliphatic carbocycles. The molecule has 0 saturated heterocycles. The summed E-state index contributed by atoms with van der Waals surface area (Å²) in [7, 11) is 0. The van der Waals surface area contributed by atoms with E-state index in [1.165, 1.54) is 6.08 Å². The van der Waals surface area contributed by atoms with Gasteiger partial charge in [0, 0.05) is 22.9 Å². The molecule has 0 bridgehead atoms. The molecule has 0 saturated carbocycles. The molecule has 0 amide bonds. The molecule has 0 spiro atoms. The van der Waals surface area contributed by atoms with Gasteiger partial charge in [0.25, 0.3) is 0 Å². The van der Waals surface area contributed by atoms with E-state index in [9.17, 15) is 5.11 Å². The van der Waals surface area contributed by atoms with Crippen molar-refractivity contribution in [1.29, 1.82) is 0 Å². The van der Waals surface area contributed by atoms with E-state index < -0.39 is 0 Å². The predicted octanol–water partition coefficient (Wildman–Crippen LogP) is 4.44. The average Bonchev–Trinajstić information content (AvgIpc) is 2.33. The molecule has 0 atom stereocenters. The molecule has 86 valence electrons. The number of hydrogen-bond donors (Lipinski definition) is 1. The number of nitrogens with zero attached hydrogens (tertiary/aromatic N) is 1. The van der Waals surface area contributed by atoms with Crippen molar-refractivity contribution in [3.05, 3.63) is 63.9 Å². The van der Waals surface area contributed by atoms with Crippen LogP contribution in [0, 0.1) is 0 Å². The summed E-state index contributed by atoms with van der Waals surface area (Å²) in [6.07, 6.45) is 3.19. The maximum absolute atomic E-state index is 9.96. The van der Waals surface area contributed by atoms with Crippen molar-refractivity contribution in [2.45, 2.75) is 0 Å². The van der Waals surface area contributed by atoms with E-state index in [4.69, 9.17) is 23.2 Å². The summed E-state index contributed by atoms with van der Waals surface area (Å²) in [4.78, 5) is 4.08. The molecule has 0 fully saturated rings. The van der Waals surface area contributed by atoms with E-state index in [1.807, 2.05) is 6.07 Å². The van der Waals surface area contributed by atoms with Crippen LogP contribution in [0.5, 0.6) is 0 Å². The number of pyridine rings is 1. The zero-order chi connectivity index (χ0) is 12.3. The molecule has 17 heavy (non-hydrogen) atoms. The predicted molar refractivity (Wildman–Crippen MR) is 71.2 cm³/mol. The fraction of sp³-hybridized carbons (Fsp3) is 0. The SMILES string of the molecule is O/C(=C\c1ccccn1)c1cc(Cl)ccc1Cl. The standard InChI is InChI=1S/C13H9Cl2NO/c14-9-4-5-12(15)11(7-9)13(17)8-10-3-1-2-6-16-10/h1-8,17H/b13-8-. The number of hydrogen-bond acceptors (Lipinski definition) is 2. The Bertz CT molecular complexity index is 553. The Balaban J connectivity index is 2.40. The van der Waals surface area contributed by atoms with Crippen molar-refractivity contribution < 1.29 is 5.11 Å². The lowest BCUT2D eigenvalue weighted by Crippen LogP contribution is -1.86. The zero-order valence-corrected chi connectivity index (χ0v) is 10.3. The molecule has 1 heterocycles. The van der Waals surface area contributed by atoms with Crippen LogP contribution in [0.4, 0.5) is 0 Å². The Morgan fingerprint density at radius 3 is 2.71 bits per heavy atom. The fourth-order valence-corrected chi connectivity index (χ4v) is 1.76. The van der Waals surface area contributed by atoms with Crippen molar-refractivity contribution in [2.75, 3.05) is 0 Å². The molecule has 1 aromatic heterocycles. The van der Waals surface area contributed by atoms with E-state index in [1.54, 1.807) is 36.5 Å². The third kappa shape index (κ3) is 2.99. The third-order valence-corrected chi connectivity index (χ3v) is 2.74. The summed E-state index contributed by atoms with van der Waals surface area (Å²) in [5.41, 5.74) is 1.14. The average molecular weight is 266 g/mol. The lowest BCUT2D eigenvalue weighted by Gasteiger charge is -2.03. The van der Waals surface area contributed by atoms with Crippen molar-refractivity contribution in [3.63, 3.8) is 0 Å². The molecular weight excluding hydrogens is 257 g/mol. The normalized spacial score (nSPS) is 11.5. The Kier molecular flexibility index (Phi) is 3.67. The van der Waals surface area contributed by atoms with Gasteiger partial charge >= 0.3 is 0 Å². The second kappa shape index (κ2) is 5.21. The molecule has 0 aliphatic rings. The summed E-state index contributed by atoms with van der Waals surface area (Å²) in [6.45, 7) is 0. The van der Waals surface area contributed by atoms with Crippen LogP contribution in [0.2, 0.25) is 10.0 Å². The van der Waals surface area contributed by atoms with Crippen molar-refractivity contribution in [2.24, 2.45) is 0 Å². The second-order valence-corrected chi connectivity index (χ2v) is 4.25. The third-order valence-electron chi connectivity index (χ3n) is 2.18. The summed E-state index contributed by atoms with van der Waals surface area (Å²) in [5, 5.41) is 10.9. The summed E-state index contributed by atoms with van der Waals surface area (Å²) in [5.74, 6) is 0.0381. The highest BCUT2D eigenvalue weighted by atomic mass is 35.5. The van der Waals surface area contributed by atoms with Gasteiger partial charge in [-0.25, -0.2) is 0 Å². The van der Waals surface area contributed by atoms with Crippen LogP contribution in [0.25, 0.3) is 11.8 Å². The molecule has 2 nitrogen and oxygen atoms in total. The molecule has 0 radical (unpaired) electrons. The Morgan fingerprint density at radius 2 is 2.00 bits per heavy atom. The first-order valence-electron chi connectivity index (χ1n) is 4.94. The zero-order valence-electron chi connectivity index (χ0n) is 8.77. The second-order valence-electron chi connectivity index (χ2n) is 3.41. The van der Waals surface area contributed by atoms with Gasteiger partial charge in [-0.2, -0.15) is 0 Å². The van der Waals surface area contributed by atoms with E-state index in [0.717, 1.165) is 0 Å². The number of aromatic nitrogens is 1. The van der Waals surface area contributed by atoms with Crippen molar-refractivity contribution in [1.82, 2.24) is 4.98 Å². The molecule has 4 heteroatoms. The lowest BCUT2D eigenvalue weighted by molar-refractivity contribution is 0.515. The minimum Gasteiger partial charge on any atom is -0.507 e. The summed E-state index contributed by atoms with van der Waals surface area (Å²) >= 11 is 11.8. The monoisotopic (exact) mass is 265 g/mol. The van der Waals surface area contributed by atoms with Crippen molar-refractivity contribution >= 4 is 35.0 Å². The maximum atomic E-state index is 9.96. The first kappa shape index (κ1) is 12.0. The van der Waals surface area contributed by atoms with Gasteiger partial charge in [0.2, 0.25) is 0 Å². The largest absolute Gasteiger partial charge is 0.507 e. The minimum absolute atomic E-state index is 0.0381. The van der Waals surface area contributed by atoms with Crippen LogP contribution in [0.1, 0.15) is 11.3 Å². The molecule has 1 aromatic carbocycles. The Morgan fingerprint density at radius 1 is 1.18 bits per heavy atom. The fourth-order valence-electron chi connectivity index (χ4n) is 1.37. The first-order valence-corrected chi connectivity index (χ1v) is 5.69. The number of rotatable bonds is 2. The Hall–Kier alpha value is -1.51. The van der Waals surface area contributed by atoms with E-state index in [2.05, 4.69) is 4.98 Å². The molecule has 0 unspecified atom stereocenters. The van der Waals surface area contributed by atoms with Crippen LogP contribution >= 0.6 is 23.2 Å². The number of aliphatic hydroxyl groups excluding tert-OH is 1. The summed E-state index contributed by atoms with van der Waals surface area (Å²) in [6, 6.07) is 10.4. The van der Waals surface area contributed by atoms with Gasteiger partial charge < -0.3 is 5.11 Å². The smallest absolute Gasteiger partial charge is 0.126 e. The van der Waals surface area contributed by atoms with E-state index >= 15 is 0 Å². The minimum atomic E-state index is 0.0381. The maximum Gasteiger partial charge on any atom is 0.126 e. The van der Waals surface area contributed by atoms with Gasteiger partial charge in [-0.05, 0) is 30.3 Å².